The Morgan fingerprint density at radius 2 is 2.13 bits per heavy atom. The lowest BCUT2D eigenvalue weighted by atomic mass is 10.00. The lowest BCUT2D eigenvalue weighted by Gasteiger charge is -2.16. The number of anilines is 1. The summed E-state index contributed by atoms with van der Waals surface area (Å²) in [4.78, 5) is 19.4. The second-order valence-electron chi connectivity index (χ2n) is 3.47. The van der Waals surface area contributed by atoms with Crippen molar-refractivity contribution < 1.29 is 4.79 Å². The molecule has 1 heterocycles. The predicted octanol–water partition coefficient (Wildman–Crippen LogP) is 0.788. The van der Waals surface area contributed by atoms with Gasteiger partial charge in [-0.25, -0.2) is 9.97 Å². The summed E-state index contributed by atoms with van der Waals surface area (Å²) in [7, 11) is 0. The van der Waals surface area contributed by atoms with Crippen LogP contribution in [-0.4, -0.2) is 21.9 Å². The molecular weight excluding hydrogens is 192 g/mol. The number of nitrogens with two attached hydrogens (primary N) is 1. The Hall–Kier alpha value is -1.49. The van der Waals surface area contributed by atoms with Crippen LogP contribution >= 0.6 is 0 Å². The average Bonchev–Trinajstić information content (AvgIpc) is 2.28. The standard InChI is InChI=1S/C10H16N4O/c1-3-7(2)8(11)9(15)14-10-12-5-4-6-13-10/h4-8H,3,11H2,1-2H3,(H,12,13,14,15)/t7?,8-/m0/s1. The van der Waals surface area contributed by atoms with E-state index in [2.05, 4.69) is 15.3 Å². The van der Waals surface area contributed by atoms with Crippen molar-refractivity contribution in [1.82, 2.24) is 9.97 Å². The van der Waals surface area contributed by atoms with Gasteiger partial charge in [0.05, 0.1) is 6.04 Å². The maximum atomic E-state index is 11.6. The van der Waals surface area contributed by atoms with Gasteiger partial charge in [0.25, 0.3) is 0 Å². The second kappa shape index (κ2) is 5.41. The van der Waals surface area contributed by atoms with Crippen LogP contribution in [0.15, 0.2) is 18.5 Å². The molecule has 0 aliphatic rings. The third kappa shape index (κ3) is 3.28. The zero-order valence-corrected chi connectivity index (χ0v) is 8.97. The molecule has 1 amide bonds. The van der Waals surface area contributed by atoms with E-state index in [0.717, 1.165) is 6.42 Å². The molecule has 1 aromatic heterocycles. The van der Waals surface area contributed by atoms with Gasteiger partial charge >= 0.3 is 0 Å². The quantitative estimate of drug-likeness (QED) is 0.766. The van der Waals surface area contributed by atoms with E-state index in [-0.39, 0.29) is 11.8 Å². The van der Waals surface area contributed by atoms with Crippen molar-refractivity contribution in [3.05, 3.63) is 18.5 Å². The Labute approximate surface area is 89.1 Å². The minimum Gasteiger partial charge on any atom is -0.320 e. The zero-order chi connectivity index (χ0) is 11.3. The van der Waals surface area contributed by atoms with E-state index in [1.54, 1.807) is 18.5 Å². The van der Waals surface area contributed by atoms with Crippen molar-refractivity contribution in [2.24, 2.45) is 11.7 Å². The molecule has 1 rings (SSSR count). The number of carbonyl (C=O) groups is 1. The van der Waals surface area contributed by atoms with Crippen molar-refractivity contribution in [2.45, 2.75) is 26.3 Å². The molecule has 0 saturated carbocycles. The number of hydrogen-bond donors (Lipinski definition) is 2. The Morgan fingerprint density at radius 1 is 1.53 bits per heavy atom. The molecule has 82 valence electrons. The number of rotatable bonds is 4. The smallest absolute Gasteiger partial charge is 0.243 e. The fourth-order valence-corrected chi connectivity index (χ4v) is 1.07. The molecule has 15 heavy (non-hydrogen) atoms. The monoisotopic (exact) mass is 208 g/mol. The molecule has 0 radical (unpaired) electrons. The second-order valence-corrected chi connectivity index (χ2v) is 3.47. The lowest BCUT2D eigenvalue weighted by molar-refractivity contribution is -0.118. The molecule has 0 aliphatic carbocycles. The number of nitrogens with one attached hydrogen (secondary N) is 1. The largest absolute Gasteiger partial charge is 0.320 e. The molecule has 1 unspecified atom stereocenters. The molecule has 0 aliphatic heterocycles. The first-order valence-electron chi connectivity index (χ1n) is 4.98. The summed E-state index contributed by atoms with van der Waals surface area (Å²) in [6.45, 7) is 3.94. The van der Waals surface area contributed by atoms with Crippen molar-refractivity contribution in [3.8, 4) is 0 Å². The molecule has 0 fully saturated rings. The molecule has 0 saturated heterocycles. The third-order valence-corrected chi connectivity index (χ3v) is 2.36. The van der Waals surface area contributed by atoms with Crippen LogP contribution in [0.5, 0.6) is 0 Å². The van der Waals surface area contributed by atoms with Crippen LogP contribution in [0.4, 0.5) is 5.95 Å². The fraction of sp³-hybridized carbons (Fsp3) is 0.500. The zero-order valence-electron chi connectivity index (χ0n) is 8.97. The Balaban J connectivity index is 2.56. The van der Waals surface area contributed by atoms with Gasteiger partial charge in [-0.1, -0.05) is 20.3 Å². The van der Waals surface area contributed by atoms with E-state index in [4.69, 9.17) is 5.73 Å². The van der Waals surface area contributed by atoms with Gasteiger partial charge in [-0.05, 0) is 12.0 Å². The molecule has 5 nitrogen and oxygen atoms in total. The number of aromatic nitrogens is 2. The Morgan fingerprint density at radius 3 is 2.67 bits per heavy atom. The highest BCUT2D eigenvalue weighted by atomic mass is 16.2. The first-order valence-corrected chi connectivity index (χ1v) is 4.98. The maximum Gasteiger partial charge on any atom is 0.243 e. The first kappa shape index (κ1) is 11.6. The normalized spacial score (nSPS) is 14.3. The lowest BCUT2D eigenvalue weighted by Crippen LogP contribution is -2.40. The van der Waals surface area contributed by atoms with Crippen molar-refractivity contribution in [3.63, 3.8) is 0 Å². The summed E-state index contributed by atoms with van der Waals surface area (Å²) < 4.78 is 0. The van der Waals surface area contributed by atoms with Crippen LogP contribution in [-0.2, 0) is 4.79 Å². The molecule has 1 aromatic rings. The Kier molecular flexibility index (Phi) is 4.17. The minimum atomic E-state index is -0.515. The van der Waals surface area contributed by atoms with E-state index in [0.29, 0.717) is 5.95 Å². The van der Waals surface area contributed by atoms with Crippen LogP contribution in [0.2, 0.25) is 0 Å². The minimum absolute atomic E-state index is 0.147. The summed E-state index contributed by atoms with van der Waals surface area (Å²) >= 11 is 0. The molecular formula is C10H16N4O. The summed E-state index contributed by atoms with van der Waals surface area (Å²) in [5, 5.41) is 2.57. The third-order valence-electron chi connectivity index (χ3n) is 2.36. The van der Waals surface area contributed by atoms with E-state index < -0.39 is 6.04 Å². The van der Waals surface area contributed by atoms with E-state index in [1.807, 2.05) is 13.8 Å². The molecule has 0 aromatic carbocycles. The molecule has 2 atom stereocenters. The highest BCUT2D eigenvalue weighted by Gasteiger charge is 2.19. The number of nitrogens with zero attached hydrogens (tertiary/aromatic N) is 2. The van der Waals surface area contributed by atoms with E-state index in [1.165, 1.54) is 0 Å². The number of carbonyl (C=O) groups excluding carboxylic acids is 1. The highest BCUT2D eigenvalue weighted by molar-refractivity contribution is 5.93. The van der Waals surface area contributed by atoms with Crippen molar-refractivity contribution >= 4 is 11.9 Å². The predicted molar refractivity (Wildman–Crippen MR) is 58.1 cm³/mol. The van der Waals surface area contributed by atoms with Gasteiger partial charge in [0.2, 0.25) is 11.9 Å². The van der Waals surface area contributed by atoms with Gasteiger partial charge in [-0.15, -0.1) is 0 Å². The van der Waals surface area contributed by atoms with Gasteiger partial charge in [-0.3, -0.25) is 10.1 Å². The van der Waals surface area contributed by atoms with Crippen molar-refractivity contribution in [2.75, 3.05) is 5.32 Å². The molecule has 0 spiro atoms. The van der Waals surface area contributed by atoms with Gasteiger partial charge in [-0.2, -0.15) is 0 Å². The van der Waals surface area contributed by atoms with Gasteiger partial charge < -0.3 is 5.73 Å². The number of hydrogen-bond acceptors (Lipinski definition) is 4. The first-order chi connectivity index (χ1) is 7.15. The highest BCUT2D eigenvalue weighted by Crippen LogP contribution is 2.07. The molecule has 3 N–H and O–H groups in total. The van der Waals surface area contributed by atoms with E-state index >= 15 is 0 Å². The summed E-state index contributed by atoms with van der Waals surface area (Å²) in [6.07, 6.45) is 4.00. The van der Waals surface area contributed by atoms with Gasteiger partial charge in [0, 0.05) is 12.4 Å². The van der Waals surface area contributed by atoms with Gasteiger partial charge in [0.1, 0.15) is 0 Å². The van der Waals surface area contributed by atoms with Crippen LogP contribution < -0.4 is 11.1 Å². The Bertz CT molecular complexity index is 314. The fourth-order valence-electron chi connectivity index (χ4n) is 1.07. The summed E-state index contributed by atoms with van der Waals surface area (Å²) in [5.74, 6) is 0.200. The summed E-state index contributed by atoms with van der Waals surface area (Å²) in [5.41, 5.74) is 5.75. The molecule has 0 bridgehead atoms. The van der Waals surface area contributed by atoms with Gasteiger partial charge in [0.15, 0.2) is 0 Å². The SMILES string of the molecule is CCC(C)[C@H](N)C(=O)Nc1ncccn1. The molecule has 5 heteroatoms. The van der Waals surface area contributed by atoms with Crippen LogP contribution in [0.1, 0.15) is 20.3 Å². The topological polar surface area (TPSA) is 80.9 Å². The number of amides is 1. The van der Waals surface area contributed by atoms with Crippen molar-refractivity contribution in [1.29, 1.82) is 0 Å². The maximum absolute atomic E-state index is 11.6. The summed E-state index contributed by atoms with van der Waals surface area (Å²) in [6, 6.07) is 1.17. The van der Waals surface area contributed by atoms with Crippen LogP contribution in [0.3, 0.4) is 0 Å². The van der Waals surface area contributed by atoms with E-state index in [9.17, 15) is 4.79 Å². The van der Waals surface area contributed by atoms with Crippen LogP contribution in [0.25, 0.3) is 0 Å². The van der Waals surface area contributed by atoms with Crippen LogP contribution in [0, 0.1) is 5.92 Å². The average molecular weight is 208 g/mol.